The Bertz CT molecular complexity index is 1370. The minimum absolute atomic E-state index is 0.0878. The van der Waals surface area contributed by atoms with Crippen molar-refractivity contribution >= 4 is 47.2 Å². The fraction of sp³-hybridized carbons (Fsp3) is 0.0833. The number of aromatic carboxylic acids is 1. The molecule has 0 atom stereocenters. The number of carbonyl (C=O) groups excluding carboxylic acids is 4. The van der Waals surface area contributed by atoms with Crippen molar-refractivity contribution in [2.45, 2.75) is 13.8 Å². The van der Waals surface area contributed by atoms with Crippen LogP contribution < -0.4 is 15.3 Å². The Morgan fingerprint density at radius 2 is 1.85 bits per heavy atom. The van der Waals surface area contributed by atoms with Crippen LogP contribution in [0.3, 0.4) is 0 Å². The molecule has 1 N–H and O–H groups in total. The molecule has 1 saturated heterocycles. The topological polar surface area (TPSA) is 120 Å². The zero-order valence-corrected chi connectivity index (χ0v) is 18.2. The number of benzene rings is 2. The summed E-state index contributed by atoms with van der Waals surface area (Å²) in [7, 11) is 0. The summed E-state index contributed by atoms with van der Waals surface area (Å²) >= 11 is 6.16. The zero-order valence-electron chi connectivity index (χ0n) is 17.5. The predicted octanol–water partition coefficient (Wildman–Crippen LogP) is 3.25. The molecule has 0 aliphatic carbocycles. The number of barbiturate groups is 1. The van der Waals surface area contributed by atoms with E-state index in [-0.39, 0.29) is 27.7 Å². The number of imide groups is 2. The summed E-state index contributed by atoms with van der Waals surface area (Å²) in [6, 6.07) is 11.3. The summed E-state index contributed by atoms with van der Waals surface area (Å²) in [6.07, 6.45) is 1.21. The largest absolute Gasteiger partial charge is 0.545 e. The van der Waals surface area contributed by atoms with Gasteiger partial charge in [0.05, 0.1) is 16.7 Å². The van der Waals surface area contributed by atoms with Crippen LogP contribution in [-0.2, 0) is 9.59 Å². The number of carboxylic acid groups (broad SMARTS) is 1. The van der Waals surface area contributed by atoms with E-state index < -0.39 is 23.8 Å². The third-order valence-electron chi connectivity index (χ3n) is 5.30. The Morgan fingerprint density at radius 1 is 1.09 bits per heavy atom. The quantitative estimate of drug-likeness (QED) is 0.468. The van der Waals surface area contributed by atoms with Gasteiger partial charge < -0.3 is 14.3 Å². The van der Waals surface area contributed by atoms with Crippen LogP contribution in [-0.4, -0.2) is 23.8 Å². The van der Waals surface area contributed by atoms with Crippen molar-refractivity contribution in [3.8, 4) is 11.3 Å². The van der Waals surface area contributed by atoms with Gasteiger partial charge in [-0.15, -0.1) is 0 Å². The van der Waals surface area contributed by atoms with E-state index >= 15 is 0 Å². The normalized spacial score (nSPS) is 15.2. The van der Waals surface area contributed by atoms with Gasteiger partial charge in [-0.25, -0.2) is 9.69 Å². The highest BCUT2D eigenvalue weighted by atomic mass is 35.5. The van der Waals surface area contributed by atoms with Gasteiger partial charge in [-0.1, -0.05) is 29.8 Å². The van der Waals surface area contributed by atoms with Crippen LogP contribution in [0.15, 0.2) is 58.5 Å². The average molecular weight is 464 g/mol. The van der Waals surface area contributed by atoms with Gasteiger partial charge in [-0.3, -0.25) is 14.9 Å². The van der Waals surface area contributed by atoms with Crippen molar-refractivity contribution < 1.29 is 28.7 Å². The van der Waals surface area contributed by atoms with E-state index in [1.165, 1.54) is 36.4 Å². The number of carbonyl (C=O) groups is 4. The molecule has 0 bridgehead atoms. The lowest BCUT2D eigenvalue weighted by molar-refractivity contribution is -0.255. The van der Waals surface area contributed by atoms with E-state index in [2.05, 4.69) is 5.32 Å². The van der Waals surface area contributed by atoms with Crippen molar-refractivity contribution in [1.82, 2.24) is 5.32 Å². The Balaban J connectivity index is 1.72. The lowest BCUT2D eigenvalue weighted by Gasteiger charge is -2.27. The maximum atomic E-state index is 13.1. The monoisotopic (exact) mass is 463 g/mol. The van der Waals surface area contributed by atoms with E-state index in [0.29, 0.717) is 11.3 Å². The van der Waals surface area contributed by atoms with E-state index in [9.17, 15) is 24.3 Å². The molecule has 0 spiro atoms. The van der Waals surface area contributed by atoms with Crippen molar-refractivity contribution in [3.05, 3.63) is 81.6 Å². The lowest BCUT2D eigenvalue weighted by atomic mass is 10.0. The first kappa shape index (κ1) is 22.0. The van der Waals surface area contributed by atoms with Crippen molar-refractivity contribution in [2.75, 3.05) is 4.90 Å². The summed E-state index contributed by atoms with van der Waals surface area (Å²) in [5.41, 5.74) is 1.87. The number of anilines is 1. The van der Waals surface area contributed by atoms with Crippen molar-refractivity contribution in [1.29, 1.82) is 0 Å². The first-order chi connectivity index (χ1) is 15.7. The van der Waals surface area contributed by atoms with E-state index in [0.717, 1.165) is 16.0 Å². The second-order valence-corrected chi connectivity index (χ2v) is 7.77. The number of hydrogen-bond acceptors (Lipinski definition) is 6. The summed E-state index contributed by atoms with van der Waals surface area (Å²) < 4.78 is 5.69. The molecule has 4 amide bonds. The van der Waals surface area contributed by atoms with Crippen LogP contribution in [0.5, 0.6) is 0 Å². The molecule has 166 valence electrons. The zero-order chi connectivity index (χ0) is 23.9. The summed E-state index contributed by atoms with van der Waals surface area (Å²) in [5.74, 6) is -2.67. The van der Waals surface area contributed by atoms with Crippen LogP contribution in [0.2, 0.25) is 5.02 Å². The van der Waals surface area contributed by atoms with E-state index in [4.69, 9.17) is 16.0 Å². The molecule has 0 saturated carbocycles. The molecule has 9 heteroatoms. The second kappa shape index (κ2) is 8.40. The molecule has 3 aromatic rings. The number of nitrogens with one attached hydrogen (secondary N) is 1. The van der Waals surface area contributed by atoms with Gasteiger partial charge in [0.15, 0.2) is 0 Å². The molecule has 0 unspecified atom stereocenters. The number of urea groups is 1. The molecular formula is C24H16ClN2O6-. The molecule has 1 fully saturated rings. The Labute approximate surface area is 193 Å². The van der Waals surface area contributed by atoms with Crippen molar-refractivity contribution in [2.24, 2.45) is 0 Å². The van der Waals surface area contributed by atoms with Crippen LogP contribution in [0.4, 0.5) is 10.5 Å². The number of nitrogens with zero attached hydrogens (tertiary/aromatic N) is 1. The third-order valence-corrected chi connectivity index (χ3v) is 5.63. The highest BCUT2D eigenvalue weighted by Gasteiger charge is 2.37. The highest BCUT2D eigenvalue weighted by Crippen LogP contribution is 2.32. The molecule has 1 aromatic heterocycles. The standard InChI is InChI=1S/C24H17ClN2O6/c1-12-4-3-5-19(13(12)2)27-22(29)17(21(28)26-24(27)32)11-15-7-9-20(33-15)16-10-14(23(30)31)6-8-18(16)25/h3-11H,1-2H3,(H,30,31)(H,26,28,32)/p-1/b17-11+. The van der Waals surface area contributed by atoms with Crippen LogP contribution in [0, 0.1) is 13.8 Å². The molecule has 33 heavy (non-hydrogen) atoms. The first-order valence-corrected chi connectivity index (χ1v) is 10.1. The van der Waals surface area contributed by atoms with E-state index in [1.54, 1.807) is 19.1 Å². The minimum atomic E-state index is -1.37. The number of rotatable bonds is 4. The van der Waals surface area contributed by atoms with Gasteiger partial charge in [0, 0.05) is 5.56 Å². The molecule has 0 radical (unpaired) electrons. The maximum Gasteiger partial charge on any atom is 0.335 e. The molecule has 8 nitrogen and oxygen atoms in total. The smallest absolute Gasteiger partial charge is 0.335 e. The fourth-order valence-corrected chi connectivity index (χ4v) is 3.62. The molecule has 4 rings (SSSR count). The van der Waals surface area contributed by atoms with Gasteiger partial charge in [0.25, 0.3) is 11.8 Å². The number of furan rings is 1. The number of carboxylic acids is 1. The predicted molar refractivity (Wildman–Crippen MR) is 118 cm³/mol. The second-order valence-electron chi connectivity index (χ2n) is 7.36. The van der Waals surface area contributed by atoms with Gasteiger partial charge in [0.1, 0.15) is 17.1 Å². The fourth-order valence-electron chi connectivity index (χ4n) is 3.41. The van der Waals surface area contributed by atoms with E-state index in [1.807, 2.05) is 13.0 Å². The van der Waals surface area contributed by atoms with Crippen LogP contribution >= 0.6 is 11.6 Å². The number of aryl methyl sites for hydroxylation is 1. The van der Waals surface area contributed by atoms with Gasteiger partial charge >= 0.3 is 6.03 Å². The minimum Gasteiger partial charge on any atom is -0.545 e. The molecule has 1 aliphatic rings. The van der Waals surface area contributed by atoms with Gasteiger partial charge in [0.2, 0.25) is 0 Å². The van der Waals surface area contributed by atoms with Gasteiger partial charge in [-0.05, 0) is 66.9 Å². The molecule has 2 heterocycles. The van der Waals surface area contributed by atoms with Gasteiger partial charge in [-0.2, -0.15) is 0 Å². The first-order valence-electron chi connectivity index (χ1n) is 9.76. The molecule has 1 aliphatic heterocycles. The Morgan fingerprint density at radius 3 is 2.58 bits per heavy atom. The summed E-state index contributed by atoms with van der Waals surface area (Å²) in [4.78, 5) is 50.0. The van der Waals surface area contributed by atoms with Crippen molar-refractivity contribution in [3.63, 3.8) is 0 Å². The molecular weight excluding hydrogens is 448 g/mol. The summed E-state index contributed by atoms with van der Waals surface area (Å²) in [6.45, 7) is 3.62. The SMILES string of the molecule is Cc1cccc(N2C(=O)NC(=O)/C(=C\c3ccc(-c4cc(C(=O)[O-])ccc4Cl)o3)C2=O)c1C. The lowest BCUT2D eigenvalue weighted by Crippen LogP contribution is -2.54. The Hall–Kier alpha value is -4.17. The number of halogens is 1. The Kier molecular flexibility index (Phi) is 5.61. The number of hydrogen-bond donors (Lipinski definition) is 1. The highest BCUT2D eigenvalue weighted by molar-refractivity contribution is 6.39. The maximum absolute atomic E-state index is 13.1. The summed E-state index contributed by atoms with van der Waals surface area (Å²) in [5, 5.41) is 13.6. The average Bonchev–Trinajstić information content (AvgIpc) is 3.22. The third kappa shape index (κ3) is 4.04. The van der Waals surface area contributed by atoms with Crippen LogP contribution in [0.1, 0.15) is 27.2 Å². The molecule has 2 aromatic carbocycles. The number of amides is 4. The van der Waals surface area contributed by atoms with Crippen LogP contribution in [0.25, 0.3) is 17.4 Å².